The van der Waals surface area contributed by atoms with Gasteiger partial charge in [-0.05, 0) is 50.1 Å². The van der Waals surface area contributed by atoms with Crippen molar-refractivity contribution in [2.45, 2.75) is 33.9 Å². The van der Waals surface area contributed by atoms with Crippen LogP contribution in [0.1, 0.15) is 30.5 Å². The first-order chi connectivity index (χ1) is 13.1. The molecule has 0 bridgehead atoms. The van der Waals surface area contributed by atoms with E-state index in [1.54, 1.807) is 13.2 Å². The fourth-order valence-electron chi connectivity index (χ4n) is 2.62. The van der Waals surface area contributed by atoms with Gasteiger partial charge < -0.3 is 25.2 Å². The van der Waals surface area contributed by atoms with Gasteiger partial charge in [0, 0.05) is 18.7 Å². The molecule has 3 N–H and O–H groups in total. The molecule has 0 unspecified atom stereocenters. The zero-order valence-electron chi connectivity index (χ0n) is 16.9. The van der Waals surface area contributed by atoms with Crippen LogP contribution < -0.4 is 20.1 Å². The van der Waals surface area contributed by atoms with E-state index in [1.807, 2.05) is 39.0 Å². The number of rotatable bonds is 8. The summed E-state index contributed by atoms with van der Waals surface area (Å²) in [6.45, 7) is 8.29. The summed E-state index contributed by atoms with van der Waals surface area (Å²) in [6, 6.07) is 11.4. The van der Waals surface area contributed by atoms with Crippen molar-refractivity contribution in [2.75, 3.05) is 20.3 Å². The fraction of sp³-hybridized carbons (Fsp3) is 0.381. The molecule has 0 aromatic heterocycles. The Morgan fingerprint density at radius 3 is 2.54 bits per heavy atom. The number of phenolic OH excluding ortho intramolecular Hbond substituents is 1. The number of nitrogens with one attached hydrogen (secondary N) is 2. The SMILES string of the molecule is CCNC(=NCc1ccc(O)c(OCC)c1)NCc1ccc(C)cc1OC.I. The number of benzene rings is 2. The van der Waals surface area contributed by atoms with Gasteiger partial charge in [-0.3, -0.25) is 0 Å². The first-order valence-electron chi connectivity index (χ1n) is 9.17. The third-order valence-corrected chi connectivity index (χ3v) is 3.98. The molecule has 0 radical (unpaired) electrons. The second-order valence-corrected chi connectivity index (χ2v) is 6.10. The number of phenols is 1. The second kappa shape index (κ2) is 12.3. The van der Waals surface area contributed by atoms with Crippen molar-refractivity contribution in [3.05, 3.63) is 53.1 Å². The first kappa shape index (κ1) is 23.9. The predicted molar refractivity (Wildman–Crippen MR) is 124 cm³/mol. The van der Waals surface area contributed by atoms with Crippen LogP contribution in [0.5, 0.6) is 17.2 Å². The van der Waals surface area contributed by atoms with E-state index in [4.69, 9.17) is 9.47 Å². The molecule has 0 saturated carbocycles. The number of ether oxygens (including phenoxy) is 2. The molecule has 2 rings (SSSR count). The Kier molecular flexibility index (Phi) is 10.5. The number of aryl methyl sites for hydroxylation is 1. The van der Waals surface area contributed by atoms with Crippen LogP contribution in [0.3, 0.4) is 0 Å². The highest BCUT2D eigenvalue weighted by molar-refractivity contribution is 14.0. The Morgan fingerprint density at radius 1 is 1.07 bits per heavy atom. The molecule has 28 heavy (non-hydrogen) atoms. The topological polar surface area (TPSA) is 75.1 Å². The summed E-state index contributed by atoms with van der Waals surface area (Å²) in [5.41, 5.74) is 3.19. The number of hydrogen-bond donors (Lipinski definition) is 3. The molecule has 7 heteroatoms. The van der Waals surface area contributed by atoms with E-state index < -0.39 is 0 Å². The van der Waals surface area contributed by atoms with Gasteiger partial charge in [0.15, 0.2) is 17.5 Å². The Morgan fingerprint density at radius 2 is 1.86 bits per heavy atom. The van der Waals surface area contributed by atoms with Crippen LogP contribution in [0.2, 0.25) is 0 Å². The Bertz CT molecular complexity index is 781. The zero-order valence-corrected chi connectivity index (χ0v) is 19.2. The average Bonchev–Trinajstić information content (AvgIpc) is 2.67. The molecule has 0 spiro atoms. The quantitative estimate of drug-likeness (QED) is 0.291. The molecule has 2 aromatic carbocycles. The Balaban J connectivity index is 0.00000392. The van der Waals surface area contributed by atoms with Crippen LogP contribution in [0.4, 0.5) is 0 Å². The zero-order chi connectivity index (χ0) is 19.6. The number of aromatic hydroxyl groups is 1. The minimum atomic E-state index is 0. The van der Waals surface area contributed by atoms with Crippen LogP contribution in [-0.4, -0.2) is 31.3 Å². The van der Waals surface area contributed by atoms with Gasteiger partial charge in [-0.1, -0.05) is 18.2 Å². The van der Waals surface area contributed by atoms with Crippen molar-refractivity contribution in [1.82, 2.24) is 10.6 Å². The highest BCUT2D eigenvalue weighted by Crippen LogP contribution is 2.27. The van der Waals surface area contributed by atoms with E-state index in [0.717, 1.165) is 29.0 Å². The Hall–Kier alpha value is -2.16. The third kappa shape index (κ3) is 7.10. The molecule has 6 nitrogen and oxygen atoms in total. The van der Waals surface area contributed by atoms with Crippen LogP contribution in [0, 0.1) is 6.92 Å². The first-order valence-corrected chi connectivity index (χ1v) is 9.17. The largest absolute Gasteiger partial charge is 0.504 e. The molecule has 0 fully saturated rings. The second-order valence-electron chi connectivity index (χ2n) is 6.10. The predicted octanol–water partition coefficient (Wildman–Crippen LogP) is 3.98. The van der Waals surface area contributed by atoms with Crippen molar-refractivity contribution in [1.29, 1.82) is 0 Å². The molecular formula is C21H30IN3O3. The van der Waals surface area contributed by atoms with Gasteiger partial charge in [-0.25, -0.2) is 4.99 Å². The van der Waals surface area contributed by atoms with Gasteiger partial charge >= 0.3 is 0 Å². The van der Waals surface area contributed by atoms with Gasteiger partial charge in [0.2, 0.25) is 0 Å². The monoisotopic (exact) mass is 499 g/mol. The maximum Gasteiger partial charge on any atom is 0.191 e. The number of methoxy groups -OCH3 is 1. The summed E-state index contributed by atoms with van der Waals surface area (Å²) >= 11 is 0. The fourth-order valence-corrected chi connectivity index (χ4v) is 2.62. The van der Waals surface area contributed by atoms with Crippen molar-refractivity contribution in [2.24, 2.45) is 4.99 Å². The molecule has 0 amide bonds. The van der Waals surface area contributed by atoms with Gasteiger partial charge in [0.05, 0.1) is 20.3 Å². The standard InChI is InChI=1S/C21H29N3O3.HI/c1-5-22-21(24-14-17-9-7-15(3)11-19(17)26-4)23-13-16-8-10-18(25)20(12-16)27-6-2;/h7-12,25H,5-6,13-14H2,1-4H3,(H2,22,23,24);1H. The lowest BCUT2D eigenvalue weighted by molar-refractivity contribution is 0.318. The summed E-state index contributed by atoms with van der Waals surface area (Å²) in [5, 5.41) is 16.4. The number of guanidine groups is 1. The summed E-state index contributed by atoms with van der Waals surface area (Å²) in [4.78, 5) is 4.62. The van der Waals surface area contributed by atoms with E-state index in [1.165, 1.54) is 0 Å². The van der Waals surface area contributed by atoms with Crippen LogP contribution in [0.15, 0.2) is 41.4 Å². The summed E-state index contributed by atoms with van der Waals surface area (Å²) < 4.78 is 10.9. The van der Waals surface area contributed by atoms with Crippen LogP contribution >= 0.6 is 24.0 Å². The van der Waals surface area contributed by atoms with Crippen molar-refractivity contribution in [3.63, 3.8) is 0 Å². The third-order valence-electron chi connectivity index (χ3n) is 3.98. The van der Waals surface area contributed by atoms with E-state index in [0.29, 0.717) is 31.4 Å². The van der Waals surface area contributed by atoms with E-state index in [2.05, 4.69) is 27.8 Å². The van der Waals surface area contributed by atoms with E-state index >= 15 is 0 Å². The smallest absolute Gasteiger partial charge is 0.191 e. The number of aliphatic imine (C=N–C) groups is 1. The molecule has 0 aliphatic rings. The number of hydrogen-bond acceptors (Lipinski definition) is 4. The summed E-state index contributed by atoms with van der Waals surface area (Å²) in [6.07, 6.45) is 0. The van der Waals surface area contributed by atoms with Crippen molar-refractivity contribution in [3.8, 4) is 17.2 Å². The molecule has 0 heterocycles. The maximum atomic E-state index is 9.81. The highest BCUT2D eigenvalue weighted by atomic mass is 127. The molecule has 0 atom stereocenters. The lowest BCUT2D eigenvalue weighted by Crippen LogP contribution is -2.36. The minimum absolute atomic E-state index is 0. The van der Waals surface area contributed by atoms with E-state index in [9.17, 15) is 5.11 Å². The number of nitrogens with zero attached hydrogens (tertiary/aromatic N) is 1. The molecular weight excluding hydrogens is 469 g/mol. The minimum Gasteiger partial charge on any atom is -0.504 e. The number of halogens is 1. The van der Waals surface area contributed by atoms with Gasteiger partial charge in [-0.15, -0.1) is 24.0 Å². The molecule has 154 valence electrons. The van der Waals surface area contributed by atoms with Crippen molar-refractivity contribution >= 4 is 29.9 Å². The van der Waals surface area contributed by atoms with Gasteiger partial charge in [-0.2, -0.15) is 0 Å². The molecule has 0 saturated heterocycles. The van der Waals surface area contributed by atoms with Crippen LogP contribution in [0.25, 0.3) is 0 Å². The van der Waals surface area contributed by atoms with Crippen LogP contribution in [-0.2, 0) is 13.1 Å². The van der Waals surface area contributed by atoms with Crippen molar-refractivity contribution < 1.29 is 14.6 Å². The lowest BCUT2D eigenvalue weighted by atomic mass is 10.1. The normalized spacial score (nSPS) is 10.8. The van der Waals surface area contributed by atoms with Gasteiger partial charge in [0.1, 0.15) is 5.75 Å². The lowest BCUT2D eigenvalue weighted by Gasteiger charge is -2.14. The summed E-state index contributed by atoms with van der Waals surface area (Å²) in [7, 11) is 1.68. The highest BCUT2D eigenvalue weighted by Gasteiger charge is 2.06. The molecule has 0 aliphatic heterocycles. The molecule has 0 aliphatic carbocycles. The maximum absolute atomic E-state index is 9.81. The molecule has 2 aromatic rings. The Labute approximate surface area is 184 Å². The van der Waals surface area contributed by atoms with Gasteiger partial charge in [0.25, 0.3) is 0 Å². The van der Waals surface area contributed by atoms with E-state index in [-0.39, 0.29) is 29.7 Å². The average molecular weight is 499 g/mol. The summed E-state index contributed by atoms with van der Waals surface area (Å²) in [5.74, 6) is 2.19.